The van der Waals surface area contributed by atoms with E-state index in [4.69, 9.17) is 21.1 Å². The molecule has 3 N–H and O–H groups in total. The molecule has 0 saturated carbocycles. The number of methoxy groups -OCH3 is 2. The average molecular weight is 465 g/mol. The number of hydrogen-bond acceptors (Lipinski definition) is 9. The highest BCUT2D eigenvalue weighted by atomic mass is 35.5. The van der Waals surface area contributed by atoms with E-state index in [-0.39, 0.29) is 34.4 Å². The van der Waals surface area contributed by atoms with Crippen LogP contribution in [0.2, 0.25) is 5.02 Å². The van der Waals surface area contributed by atoms with Gasteiger partial charge >= 0.3 is 5.69 Å². The molecule has 10 nitrogen and oxygen atoms in total. The summed E-state index contributed by atoms with van der Waals surface area (Å²) in [5.74, 6) is 1.00. The second-order valence-electron chi connectivity index (χ2n) is 9.13. The molecule has 2 heterocycles. The highest BCUT2D eigenvalue weighted by Crippen LogP contribution is 2.40. The van der Waals surface area contributed by atoms with E-state index in [2.05, 4.69) is 53.6 Å². The fraction of sp³-hybridized carbons (Fsp3) is 0.524. The maximum Gasteiger partial charge on any atom is 0.353 e. The van der Waals surface area contributed by atoms with Gasteiger partial charge in [0.05, 0.1) is 29.9 Å². The van der Waals surface area contributed by atoms with Crippen molar-refractivity contribution in [3.8, 4) is 11.5 Å². The van der Waals surface area contributed by atoms with Crippen molar-refractivity contribution in [3.05, 3.63) is 33.6 Å². The number of nitrogens with zero attached hydrogens (tertiary/aromatic N) is 3. The number of aromatic nitrogens is 2. The molecule has 1 aromatic heterocycles. The number of benzene rings is 1. The number of anilines is 3. The van der Waals surface area contributed by atoms with Crippen LogP contribution < -0.4 is 25.4 Å². The van der Waals surface area contributed by atoms with Crippen molar-refractivity contribution < 1.29 is 14.4 Å². The minimum atomic E-state index is -0.500. The molecule has 0 aliphatic carbocycles. The van der Waals surface area contributed by atoms with E-state index in [1.54, 1.807) is 12.1 Å². The molecule has 32 heavy (non-hydrogen) atoms. The van der Waals surface area contributed by atoms with Crippen molar-refractivity contribution in [2.75, 3.05) is 24.9 Å². The van der Waals surface area contributed by atoms with Crippen molar-refractivity contribution in [2.24, 2.45) is 0 Å². The molecule has 1 aromatic carbocycles. The Kier molecular flexibility index (Phi) is 6.66. The lowest BCUT2D eigenvalue weighted by Gasteiger charge is -2.46. The summed E-state index contributed by atoms with van der Waals surface area (Å²) in [5.41, 5.74) is -0.101. The van der Waals surface area contributed by atoms with Gasteiger partial charge in [-0.05, 0) is 46.6 Å². The molecule has 0 spiro atoms. The zero-order valence-electron chi connectivity index (χ0n) is 19.1. The first-order valence-electron chi connectivity index (χ1n) is 10.2. The van der Waals surface area contributed by atoms with Crippen molar-refractivity contribution in [1.29, 1.82) is 0 Å². The van der Waals surface area contributed by atoms with Crippen LogP contribution in [0.4, 0.5) is 23.0 Å². The van der Waals surface area contributed by atoms with Crippen molar-refractivity contribution in [2.45, 2.75) is 57.7 Å². The standard InChI is InChI=1S/C21H29ClN6O4/c1-20(2)9-12(10-21(3,4)27-20)25-18-17(28(29)30)19(24-11-23-18)26-14-7-13(22)15(31-5)8-16(14)32-6/h7-8,11-12,27H,9-10H2,1-6H3,(H2,23,24,25,26). The molecule has 0 unspecified atom stereocenters. The normalized spacial score (nSPS) is 17.5. The number of halogens is 1. The number of nitro groups is 1. The minimum Gasteiger partial charge on any atom is -0.495 e. The van der Waals surface area contributed by atoms with E-state index in [1.807, 2.05) is 0 Å². The summed E-state index contributed by atoms with van der Waals surface area (Å²) in [6.07, 6.45) is 2.84. The number of hydrogen-bond donors (Lipinski definition) is 3. The number of nitrogens with one attached hydrogen (secondary N) is 3. The monoisotopic (exact) mass is 464 g/mol. The van der Waals surface area contributed by atoms with Crippen LogP contribution in [0.1, 0.15) is 40.5 Å². The topological polar surface area (TPSA) is 123 Å². The van der Waals surface area contributed by atoms with E-state index in [9.17, 15) is 10.1 Å². The largest absolute Gasteiger partial charge is 0.495 e. The van der Waals surface area contributed by atoms with Crippen molar-refractivity contribution in [1.82, 2.24) is 15.3 Å². The SMILES string of the molecule is COc1cc(OC)c(Nc2ncnc(NC3CC(C)(C)NC(C)(C)C3)c2[N+](=O)[O-])cc1Cl. The Hall–Kier alpha value is -2.85. The summed E-state index contributed by atoms with van der Waals surface area (Å²) in [6, 6.07) is 3.15. The molecule has 1 saturated heterocycles. The second kappa shape index (κ2) is 8.95. The van der Waals surface area contributed by atoms with Gasteiger partial charge in [0.1, 0.15) is 17.8 Å². The first-order valence-corrected chi connectivity index (χ1v) is 10.6. The van der Waals surface area contributed by atoms with Crippen LogP contribution in [0.3, 0.4) is 0 Å². The highest BCUT2D eigenvalue weighted by Gasteiger charge is 2.38. The Morgan fingerprint density at radius 2 is 1.69 bits per heavy atom. The Labute approximate surface area is 192 Å². The number of piperidine rings is 1. The lowest BCUT2D eigenvalue weighted by atomic mass is 9.79. The Morgan fingerprint density at radius 1 is 1.09 bits per heavy atom. The smallest absolute Gasteiger partial charge is 0.353 e. The average Bonchev–Trinajstić information content (AvgIpc) is 2.65. The van der Waals surface area contributed by atoms with Gasteiger partial charge in [0, 0.05) is 23.2 Å². The molecule has 11 heteroatoms. The molecule has 1 aliphatic heterocycles. The summed E-state index contributed by atoms with van der Waals surface area (Å²) in [7, 11) is 2.97. The van der Waals surface area contributed by atoms with E-state index >= 15 is 0 Å². The van der Waals surface area contributed by atoms with Crippen LogP contribution >= 0.6 is 11.6 Å². The molecule has 0 atom stereocenters. The first kappa shape index (κ1) is 23.8. The van der Waals surface area contributed by atoms with Gasteiger partial charge < -0.3 is 25.4 Å². The molecule has 1 fully saturated rings. The molecular weight excluding hydrogens is 436 g/mol. The maximum absolute atomic E-state index is 12.0. The summed E-state index contributed by atoms with van der Waals surface area (Å²) in [4.78, 5) is 19.8. The summed E-state index contributed by atoms with van der Waals surface area (Å²) in [6.45, 7) is 8.46. The lowest BCUT2D eigenvalue weighted by molar-refractivity contribution is -0.383. The van der Waals surface area contributed by atoms with E-state index in [1.165, 1.54) is 20.5 Å². The first-order chi connectivity index (χ1) is 14.9. The van der Waals surface area contributed by atoms with Gasteiger partial charge in [0.15, 0.2) is 0 Å². The molecule has 0 amide bonds. The lowest BCUT2D eigenvalue weighted by Crippen LogP contribution is -2.60. The molecule has 174 valence electrons. The molecule has 2 aromatic rings. The molecule has 1 aliphatic rings. The Balaban J connectivity index is 1.96. The number of rotatable bonds is 7. The third-order valence-electron chi connectivity index (χ3n) is 5.26. The van der Waals surface area contributed by atoms with Gasteiger partial charge in [-0.1, -0.05) is 11.6 Å². The minimum absolute atomic E-state index is 0.00679. The third-order valence-corrected chi connectivity index (χ3v) is 5.56. The van der Waals surface area contributed by atoms with Crippen LogP contribution in [0, 0.1) is 10.1 Å². The van der Waals surface area contributed by atoms with Crippen LogP contribution in [-0.4, -0.2) is 46.2 Å². The molecule has 0 radical (unpaired) electrons. The van der Waals surface area contributed by atoms with E-state index < -0.39 is 4.92 Å². The summed E-state index contributed by atoms with van der Waals surface area (Å²) in [5, 5.41) is 22.2. The van der Waals surface area contributed by atoms with Crippen LogP contribution in [0.5, 0.6) is 11.5 Å². The van der Waals surface area contributed by atoms with Crippen LogP contribution in [0.15, 0.2) is 18.5 Å². The second-order valence-corrected chi connectivity index (χ2v) is 9.54. The van der Waals surface area contributed by atoms with Crippen molar-refractivity contribution >= 4 is 34.6 Å². The predicted octanol–water partition coefficient (Wildman–Crippen LogP) is 4.52. The highest BCUT2D eigenvalue weighted by molar-refractivity contribution is 6.32. The van der Waals surface area contributed by atoms with E-state index in [0.29, 0.717) is 22.2 Å². The van der Waals surface area contributed by atoms with Crippen LogP contribution in [0.25, 0.3) is 0 Å². The predicted molar refractivity (Wildman–Crippen MR) is 124 cm³/mol. The van der Waals surface area contributed by atoms with Crippen molar-refractivity contribution in [3.63, 3.8) is 0 Å². The van der Waals surface area contributed by atoms with Gasteiger partial charge in [-0.15, -0.1) is 0 Å². The van der Waals surface area contributed by atoms with Gasteiger partial charge in [0.2, 0.25) is 11.6 Å². The fourth-order valence-corrected chi connectivity index (χ4v) is 4.69. The molecular formula is C21H29ClN6O4. The molecule has 0 bridgehead atoms. The van der Waals surface area contributed by atoms with Gasteiger partial charge in [-0.3, -0.25) is 10.1 Å². The zero-order valence-corrected chi connectivity index (χ0v) is 19.8. The van der Waals surface area contributed by atoms with E-state index in [0.717, 1.165) is 12.8 Å². The van der Waals surface area contributed by atoms with Gasteiger partial charge in [0.25, 0.3) is 0 Å². The Bertz CT molecular complexity index is 998. The third kappa shape index (κ3) is 5.31. The maximum atomic E-state index is 12.0. The van der Waals surface area contributed by atoms with Gasteiger partial charge in [-0.25, -0.2) is 9.97 Å². The summed E-state index contributed by atoms with van der Waals surface area (Å²) >= 11 is 6.24. The van der Waals surface area contributed by atoms with Crippen LogP contribution in [-0.2, 0) is 0 Å². The van der Waals surface area contributed by atoms with Gasteiger partial charge in [-0.2, -0.15) is 0 Å². The fourth-order valence-electron chi connectivity index (χ4n) is 4.45. The Morgan fingerprint density at radius 3 is 2.25 bits per heavy atom. The quantitative estimate of drug-likeness (QED) is 0.400. The summed E-state index contributed by atoms with van der Waals surface area (Å²) < 4.78 is 10.6. The molecule has 3 rings (SSSR count). The number of ether oxygens (including phenoxy) is 2. The zero-order chi connectivity index (χ0) is 23.7.